The van der Waals surface area contributed by atoms with Crippen molar-refractivity contribution in [2.75, 3.05) is 18.6 Å². The van der Waals surface area contributed by atoms with Crippen molar-refractivity contribution in [3.05, 3.63) is 46.7 Å². The van der Waals surface area contributed by atoms with Gasteiger partial charge in [0.05, 0.1) is 30.0 Å². The van der Waals surface area contributed by atoms with Crippen molar-refractivity contribution < 1.29 is 9.47 Å². The van der Waals surface area contributed by atoms with Crippen LogP contribution in [-0.2, 0) is 0 Å². The van der Waals surface area contributed by atoms with E-state index >= 15 is 0 Å². The molecule has 0 saturated carbocycles. The lowest BCUT2D eigenvalue weighted by atomic mass is 10.2. The molecule has 0 unspecified atom stereocenters. The first kappa shape index (κ1) is 17.4. The number of nitrogens with zero attached hydrogens (tertiary/aromatic N) is 2. The molecule has 0 saturated heterocycles. The Morgan fingerprint density at radius 1 is 1.16 bits per heavy atom. The summed E-state index contributed by atoms with van der Waals surface area (Å²) in [5.41, 5.74) is 4.83. The number of benzene rings is 1. The molecule has 0 aliphatic rings. The van der Waals surface area contributed by atoms with Crippen molar-refractivity contribution >= 4 is 34.0 Å². The van der Waals surface area contributed by atoms with Crippen LogP contribution in [-0.4, -0.2) is 24.4 Å². The smallest absolute Gasteiger partial charge is 0.203 e. The molecule has 0 aliphatic heterocycles. The molecule has 0 amide bonds. The summed E-state index contributed by atoms with van der Waals surface area (Å²) in [4.78, 5) is 5.69. The molecule has 0 fully saturated rings. The zero-order valence-corrected chi connectivity index (χ0v) is 15.7. The van der Waals surface area contributed by atoms with Crippen LogP contribution < -0.4 is 14.9 Å². The van der Waals surface area contributed by atoms with Crippen LogP contribution in [0.3, 0.4) is 0 Å². The number of anilines is 1. The van der Waals surface area contributed by atoms with E-state index in [0.717, 1.165) is 32.8 Å². The predicted molar refractivity (Wildman–Crippen MR) is 105 cm³/mol. The number of hydrogen-bond donors (Lipinski definition) is 1. The second-order valence-corrected chi connectivity index (χ2v) is 6.76. The van der Waals surface area contributed by atoms with E-state index in [1.165, 1.54) is 11.3 Å². The molecule has 7 heteroatoms. The van der Waals surface area contributed by atoms with Gasteiger partial charge in [-0.1, -0.05) is 6.07 Å². The molecule has 130 valence electrons. The van der Waals surface area contributed by atoms with Gasteiger partial charge in [-0.2, -0.15) is 5.10 Å². The SMILES string of the molecule is CCOc1ccc(/C=N\Nc2nc(-c3cccs3)cs2)c(OCC)c1. The van der Waals surface area contributed by atoms with Crippen molar-refractivity contribution in [1.29, 1.82) is 0 Å². The molecular weight excluding hydrogens is 354 g/mol. The molecule has 0 spiro atoms. The third-order valence-electron chi connectivity index (χ3n) is 3.24. The van der Waals surface area contributed by atoms with Crippen LogP contribution in [0.15, 0.2) is 46.2 Å². The van der Waals surface area contributed by atoms with Crippen LogP contribution in [0, 0.1) is 0 Å². The first-order chi connectivity index (χ1) is 12.3. The summed E-state index contributed by atoms with van der Waals surface area (Å²) in [6.07, 6.45) is 1.73. The second kappa shape index (κ2) is 8.64. The molecule has 0 atom stereocenters. The molecule has 5 nitrogen and oxygen atoms in total. The van der Waals surface area contributed by atoms with Crippen molar-refractivity contribution in [2.24, 2.45) is 5.10 Å². The summed E-state index contributed by atoms with van der Waals surface area (Å²) in [5.74, 6) is 1.54. The highest BCUT2D eigenvalue weighted by Gasteiger charge is 2.06. The maximum absolute atomic E-state index is 5.67. The molecule has 25 heavy (non-hydrogen) atoms. The summed E-state index contributed by atoms with van der Waals surface area (Å²) in [6, 6.07) is 9.80. The first-order valence-corrected chi connectivity index (χ1v) is 9.74. The topological polar surface area (TPSA) is 55.7 Å². The number of rotatable bonds is 8. The van der Waals surface area contributed by atoms with Gasteiger partial charge in [0.25, 0.3) is 0 Å². The molecule has 0 radical (unpaired) electrons. The Hall–Kier alpha value is -2.38. The number of hydrazone groups is 1. The lowest BCUT2D eigenvalue weighted by Crippen LogP contribution is -1.99. The Morgan fingerprint density at radius 3 is 2.80 bits per heavy atom. The predicted octanol–water partition coefficient (Wildman–Crippen LogP) is 5.12. The van der Waals surface area contributed by atoms with Crippen LogP contribution in [0.1, 0.15) is 19.4 Å². The standard InChI is InChI=1S/C18H19N3O2S2/c1-3-22-14-8-7-13(16(10-14)23-4-2)11-19-21-18-20-15(12-25-18)17-6-5-9-24-17/h5-12H,3-4H2,1-2H3,(H,20,21)/b19-11-. The van der Waals surface area contributed by atoms with E-state index in [1.54, 1.807) is 17.6 Å². The maximum Gasteiger partial charge on any atom is 0.203 e. The molecule has 0 bridgehead atoms. The highest BCUT2D eigenvalue weighted by Crippen LogP contribution is 2.28. The maximum atomic E-state index is 5.67. The monoisotopic (exact) mass is 373 g/mol. The van der Waals surface area contributed by atoms with Crippen molar-refractivity contribution in [3.63, 3.8) is 0 Å². The number of nitrogens with one attached hydrogen (secondary N) is 1. The van der Waals surface area contributed by atoms with Gasteiger partial charge in [0.1, 0.15) is 11.5 Å². The lowest BCUT2D eigenvalue weighted by molar-refractivity contribution is 0.323. The Bertz CT molecular complexity index is 829. The fourth-order valence-electron chi connectivity index (χ4n) is 2.18. The number of ether oxygens (including phenoxy) is 2. The highest BCUT2D eigenvalue weighted by molar-refractivity contribution is 7.15. The van der Waals surface area contributed by atoms with Gasteiger partial charge >= 0.3 is 0 Å². The van der Waals surface area contributed by atoms with Crippen molar-refractivity contribution in [3.8, 4) is 22.1 Å². The van der Waals surface area contributed by atoms with E-state index in [1.807, 2.05) is 48.9 Å². The zero-order valence-electron chi connectivity index (χ0n) is 14.1. The van der Waals surface area contributed by atoms with Gasteiger partial charge in [0, 0.05) is 17.0 Å². The third-order valence-corrected chi connectivity index (χ3v) is 4.88. The van der Waals surface area contributed by atoms with E-state index in [9.17, 15) is 0 Å². The summed E-state index contributed by atoms with van der Waals surface area (Å²) in [7, 11) is 0. The minimum absolute atomic E-state index is 0.584. The first-order valence-electron chi connectivity index (χ1n) is 7.98. The van der Waals surface area contributed by atoms with E-state index in [-0.39, 0.29) is 0 Å². The molecule has 1 N–H and O–H groups in total. The third kappa shape index (κ3) is 4.58. The van der Waals surface area contributed by atoms with E-state index in [4.69, 9.17) is 9.47 Å². The minimum Gasteiger partial charge on any atom is -0.494 e. The van der Waals surface area contributed by atoms with Crippen molar-refractivity contribution in [1.82, 2.24) is 4.98 Å². The highest BCUT2D eigenvalue weighted by atomic mass is 32.1. The van der Waals surface area contributed by atoms with Gasteiger partial charge in [-0.3, -0.25) is 5.43 Å². The van der Waals surface area contributed by atoms with E-state index in [2.05, 4.69) is 21.6 Å². The summed E-state index contributed by atoms with van der Waals surface area (Å²) >= 11 is 3.20. The minimum atomic E-state index is 0.584. The molecule has 1 aromatic carbocycles. The van der Waals surface area contributed by atoms with Gasteiger partial charge in [-0.05, 0) is 37.4 Å². The summed E-state index contributed by atoms with van der Waals surface area (Å²) in [6.45, 7) is 5.12. The van der Waals surface area contributed by atoms with Crippen LogP contribution in [0.2, 0.25) is 0 Å². The number of aromatic nitrogens is 1. The quantitative estimate of drug-likeness (QED) is 0.440. The lowest BCUT2D eigenvalue weighted by Gasteiger charge is -2.09. The summed E-state index contributed by atoms with van der Waals surface area (Å²) < 4.78 is 11.2. The zero-order chi connectivity index (χ0) is 17.5. The molecular formula is C18H19N3O2S2. The van der Waals surface area contributed by atoms with Crippen LogP contribution in [0.4, 0.5) is 5.13 Å². The summed E-state index contributed by atoms with van der Waals surface area (Å²) in [5, 5.41) is 9.10. The fraction of sp³-hybridized carbons (Fsp3) is 0.222. The molecule has 3 aromatic rings. The van der Waals surface area contributed by atoms with Crippen LogP contribution >= 0.6 is 22.7 Å². The molecule has 0 aliphatic carbocycles. The van der Waals surface area contributed by atoms with Crippen LogP contribution in [0.5, 0.6) is 11.5 Å². The molecule has 3 rings (SSSR count). The molecule has 2 heterocycles. The average Bonchev–Trinajstić information content (AvgIpc) is 3.28. The van der Waals surface area contributed by atoms with E-state index < -0.39 is 0 Å². The van der Waals surface area contributed by atoms with Gasteiger partial charge in [-0.25, -0.2) is 4.98 Å². The second-order valence-electron chi connectivity index (χ2n) is 4.95. The van der Waals surface area contributed by atoms with Gasteiger partial charge in [0.15, 0.2) is 0 Å². The van der Waals surface area contributed by atoms with Gasteiger partial charge < -0.3 is 9.47 Å². The van der Waals surface area contributed by atoms with Gasteiger partial charge in [0.2, 0.25) is 5.13 Å². The normalized spacial score (nSPS) is 11.0. The van der Waals surface area contributed by atoms with Crippen molar-refractivity contribution in [2.45, 2.75) is 13.8 Å². The number of thiophene rings is 1. The fourth-order valence-corrected chi connectivity index (χ4v) is 3.60. The Morgan fingerprint density at radius 2 is 2.04 bits per heavy atom. The largest absolute Gasteiger partial charge is 0.494 e. The van der Waals surface area contributed by atoms with E-state index in [0.29, 0.717) is 13.2 Å². The number of thiazole rings is 1. The Kier molecular flexibility index (Phi) is 6.03. The van der Waals surface area contributed by atoms with Gasteiger partial charge in [-0.15, -0.1) is 22.7 Å². The molecule has 2 aromatic heterocycles. The number of hydrogen-bond acceptors (Lipinski definition) is 7. The Balaban J connectivity index is 1.69. The average molecular weight is 374 g/mol. The Labute approximate surface area is 155 Å². The van der Waals surface area contributed by atoms with Crippen LogP contribution in [0.25, 0.3) is 10.6 Å².